The summed E-state index contributed by atoms with van der Waals surface area (Å²) in [5, 5.41) is 4.44. The van der Waals surface area contributed by atoms with Crippen molar-refractivity contribution in [1.29, 1.82) is 0 Å². The van der Waals surface area contributed by atoms with Gasteiger partial charge in [-0.1, -0.05) is 13.8 Å². The SMILES string of the molecule is COc1cnn(C(C)C)c1C(N)C1CCC(C)(C)CC1. The second kappa shape index (κ2) is 5.76. The van der Waals surface area contributed by atoms with Crippen molar-refractivity contribution < 1.29 is 4.74 Å². The number of hydrogen-bond acceptors (Lipinski definition) is 3. The lowest BCUT2D eigenvalue weighted by Crippen LogP contribution is -2.31. The average molecular weight is 279 g/mol. The Morgan fingerprint density at radius 1 is 1.35 bits per heavy atom. The van der Waals surface area contributed by atoms with Crippen LogP contribution in [0.1, 0.15) is 71.2 Å². The van der Waals surface area contributed by atoms with Crippen LogP contribution in [0.2, 0.25) is 0 Å². The Bertz CT molecular complexity index is 441. The highest BCUT2D eigenvalue weighted by Gasteiger charge is 2.33. The first kappa shape index (κ1) is 15.4. The third-order valence-corrected chi connectivity index (χ3v) is 4.72. The van der Waals surface area contributed by atoms with Crippen molar-refractivity contribution >= 4 is 0 Å². The van der Waals surface area contributed by atoms with E-state index in [1.807, 2.05) is 4.68 Å². The van der Waals surface area contributed by atoms with Crippen molar-refractivity contribution in [2.45, 2.75) is 65.5 Å². The van der Waals surface area contributed by atoms with Gasteiger partial charge in [0.25, 0.3) is 0 Å². The summed E-state index contributed by atoms with van der Waals surface area (Å²) in [4.78, 5) is 0. The molecule has 0 amide bonds. The molecule has 0 saturated heterocycles. The van der Waals surface area contributed by atoms with E-state index in [9.17, 15) is 0 Å². The number of hydrogen-bond donors (Lipinski definition) is 1. The molecule has 1 aliphatic rings. The summed E-state index contributed by atoms with van der Waals surface area (Å²) in [5.41, 5.74) is 8.11. The summed E-state index contributed by atoms with van der Waals surface area (Å²) in [7, 11) is 1.70. The maximum Gasteiger partial charge on any atom is 0.161 e. The van der Waals surface area contributed by atoms with Crippen molar-refractivity contribution in [3.63, 3.8) is 0 Å². The Morgan fingerprint density at radius 3 is 2.45 bits per heavy atom. The third kappa shape index (κ3) is 3.00. The minimum Gasteiger partial charge on any atom is -0.493 e. The van der Waals surface area contributed by atoms with Crippen LogP contribution in [0.3, 0.4) is 0 Å². The molecule has 0 radical (unpaired) electrons. The molecule has 2 N–H and O–H groups in total. The molecule has 1 aliphatic carbocycles. The predicted molar refractivity (Wildman–Crippen MR) is 81.8 cm³/mol. The van der Waals surface area contributed by atoms with Crippen LogP contribution < -0.4 is 10.5 Å². The molecule has 0 bridgehead atoms. The molecule has 1 atom stereocenters. The lowest BCUT2D eigenvalue weighted by Gasteiger charge is -2.37. The van der Waals surface area contributed by atoms with Gasteiger partial charge in [0.1, 0.15) is 0 Å². The molecule has 1 fully saturated rings. The highest BCUT2D eigenvalue weighted by atomic mass is 16.5. The van der Waals surface area contributed by atoms with E-state index in [1.54, 1.807) is 13.3 Å². The van der Waals surface area contributed by atoms with Crippen LogP contribution in [0.25, 0.3) is 0 Å². The molecule has 1 saturated carbocycles. The summed E-state index contributed by atoms with van der Waals surface area (Å²) >= 11 is 0. The molecule has 0 spiro atoms. The van der Waals surface area contributed by atoms with Gasteiger partial charge in [-0.2, -0.15) is 5.10 Å². The zero-order valence-corrected chi connectivity index (χ0v) is 13.5. The highest BCUT2D eigenvalue weighted by molar-refractivity contribution is 5.29. The summed E-state index contributed by atoms with van der Waals surface area (Å²) < 4.78 is 7.48. The monoisotopic (exact) mass is 279 g/mol. The van der Waals surface area contributed by atoms with Crippen LogP contribution in [0.15, 0.2) is 6.20 Å². The molecule has 1 heterocycles. The molecule has 114 valence electrons. The maximum atomic E-state index is 6.58. The molecule has 1 unspecified atom stereocenters. The lowest BCUT2D eigenvalue weighted by molar-refractivity contribution is 0.169. The Morgan fingerprint density at radius 2 is 1.95 bits per heavy atom. The van der Waals surface area contributed by atoms with Gasteiger partial charge in [0, 0.05) is 6.04 Å². The zero-order chi connectivity index (χ0) is 14.9. The first-order chi connectivity index (χ1) is 9.35. The topological polar surface area (TPSA) is 53.1 Å². The Kier molecular flexibility index (Phi) is 4.43. The van der Waals surface area contributed by atoms with Gasteiger partial charge in [0.2, 0.25) is 0 Å². The van der Waals surface area contributed by atoms with Gasteiger partial charge >= 0.3 is 0 Å². The van der Waals surface area contributed by atoms with E-state index >= 15 is 0 Å². The van der Waals surface area contributed by atoms with E-state index in [0.29, 0.717) is 17.4 Å². The Balaban J connectivity index is 2.20. The largest absolute Gasteiger partial charge is 0.493 e. The zero-order valence-electron chi connectivity index (χ0n) is 13.5. The molecule has 4 nitrogen and oxygen atoms in total. The van der Waals surface area contributed by atoms with Crippen LogP contribution in [0.5, 0.6) is 5.75 Å². The summed E-state index contributed by atoms with van der Waals surface area (Å²) in [6, 6.07) is 0.325. The van der Waals surface area contributed by atoms with E-state index in [1.165, 1.54) is 25.7 Å². The first-order valence-electron chi connectivity index (χ1n) is 7.72. The molecule has 0 aromatic carbocycles. The molecule has 1 aromatic rings. The fourth-order valence-corrected chi connectivity index (χ4v) is 3.25. The molecular weight excluding hydrogens is 250 g/mol. The van der Waals surface area contributed by atoms with Gasteiger partial charge in [-0.05, 0) is 50.9 Å². The van der Waals surface area contributed by atoms with Crippen LogP contribution in [-0.4, -0.2) is 16.9 Å². The molecule has 4 heteroatoms. The number of nitrogens with zero attached hydrogens (tertiary/aromatic N) is 2. The summed E-state index contributed by atoms with van der Waals surface area (Å²) in [5.74, 6) is 1.36. The summed E-state index contributed by atoms with van der Waals surface area (Å²) in [6.07, 6.45) is 6.69. The molecular formula is C16H29N3O. The standard InChI is InChI=1S/C16H29N3O/c1-11(2)19-15(13(20-5)10-18-19)14(17)12-6-8-16(3,4)9-7-12/h10-12,14H,6-9,17H2,1-5H3. The van der Waals surface area contributed by atoms with Crippen LogP contribution >= 0.6 is 0 Å². The average Bonchev–Trinajstić information content (AvgIpc) is 2.81. The van der Waals surface area contributed by atoms with Crippen molar-refractivity contribution in [1.82, 2.24) is 9.78 Å². The second-order valence-corrected chi connectivity index (χ2v) is 7.16. The minimum absolute atomic E-state index is 0.0194. The Hall–Kier alpha value is -1.03. The van der Waals surface area contributed by atoms with Crippen LogP contribution in [-0.2, 0) is 0 Å². The fraction of sp³-hybridized carbons (Fsp3) is 0.812. The van der Waals surface area contributed by atoms with Crippen LogP contribution in [0, 0.1) is 11.3 Å². The number of rotatable bonds is 4. The second-order valence-electron chi connectivity index (χ2n) is 7.16. The van der Waals surface area contributed by atoms with Crippen LogP contribution in [0.4, 0.5) is 0 Å². The highest BCUT2D eigenvalue weighted by Crippen LogP contribution is 2.43. The molecule has 2 rings (SSSR count). The predicted octanol–water partition coefficient (Wildman–Crippen LogP) is 3.69. The van der Waals surface area contributed by atoms with Crippen molar-refractivity contribution in [2.75, 3.05) is 7.11 Å². The van der Waals surface area contributed by atoms with E-state index < -0.39 is 0 Å². The molecule has 20 heavy (non-hydrogen) atoms. The van der Waals surface area contributed by atoms with Crippen molar-refractivity contribution in [3.05, 3.63) is 11.9 Å². The van der Waals surface area contributed by atoms with Gasteiger partial charge in [-0.25, -0.2) is 0 Å². The number of aromatic nitrogens is 2. The number of ether oxygens (including phenoxy) is 1. The van der Waals surface area contributed by atoms with Gasteiger partial charge < -0.3 is 10.5 Å². The van der Waals surface area contributed by atoms with E-state index in [2.05, 4.69) is 32.8 Å². The van der Waals surface area contributed by atoms with Gasteiger partial charge in [0.15, 0.2) is 5.75 Å². The van der Waals surface area contributed by atoms with E-state index in [0.717, 1.165) is 11.4 Å². The lowest BCUT2D eigenvalue weighted by atomic mass is 9.71. The van der Waals surface area contributed by atoms with Gasteiger partial charge in [0.05, 0.1) is 25.0 Å². The van der Waals surface area contributed by atoms with E-state index in [4.69, 9.17) is 10.5 Å². The first-order valence-corrected chi connectivity index (χ1v) is 7.72. The minimum atomic E-state index is 0.0194. The van der Waals surface area contributed by atoms with E-state index in [-0.39, 0.29) is 6.04 Å². The fourth-order valence-electron chi connectivity index (χ4n) is 3.25. The third-order valence-electron chi connectivity index (χ3n) is 4.72. The maximum absolute atomic E-state index is 6.58. The quantitative estimate of drug-likeness (QED) is 0.914. The van der Waals surface area contributed by atoms with Gasteiger partial charge in [-0.15, -0.1) is 0 Å². The summed E-state index contributed by atoms with van der Waals surface area (Å²) in [6.45, 7) is 8.97. The normalized spacial score (nSPS) is 21.1. The number of nitrogens with two attached hydrogens (primary N) is 1. The molecule has 1 aromatic heterocycles. The van der Waals surface area contributed by atoms with Crippen molar-refractivity contribution in [2.24, 2.45) is 17.1 Å². The smallest absolute Gasteiger partial charge is 0.161 e. The van der Waals surface area contributed by atoms with Gasteiger partial charge in [-0.3, -0.25) is 4.68 Å². The van der Waals surface area contributed by atoms with Crippen molar-refractivity contribution in [3.8, 4) is 5.75 Å². The number of methoxy groups -OCH3 is 1. The molecule has 0 aliphatic heterocycles. The Labute approximate surface area is 122 Å².